The van der Waals surface area contributed by atoms with E-state index in [4.69, 9.17) is 0 Å². The first kappa shape index (κ1) is 19.7. The third-order valence-corrected chi connectivity index (χ3v) is 4.92. The van der Waals surface area contributed by atoms with Crippen molar-refractivity contribution in [1.82, 2.24) is 19.3 Å². The number of pyridine rings is 1. The number of piperazine rings is 1. The Morgan fingerprint density at radius 3 is 2.32 bits per heavy atom. The highest BCUT2D eigenvalue weighted by Gasteiger charge is 2.23. The van der Waals surface area contributed by atoms with Crippen LogP contribution >= 0.6 is 15.9 Å². The molecule has 7 nitrogen and oxygen atoms in total. The van der Waals surface area contributed by atoms with Crippen LogP contribution in [0.3, 0.4) is 0 Å². The molecule has 0 aliphatic carbocycles. The molecular weight excluding hydrogens is 388 g/mol. The van der Waals surface area contributed by atoms with Gasteiger partial charge >= 0.3 is 0 Å². The van der Waals surface area contributed by atoms with E-state index in [1.165, 1.54) is 10.6 Å². The first-order valence-corrected chi connectivity index (χ1v) is 9.37. The minimum Gasteiger partial charge on any atom is -0.342 e. The fourth-order valence-corrected chi connectivity index (χ4v) is 3.27. The number of rotatable bonds is 6. The summed E-state index contributed by atoms with van der Waals surface area (Å²) in [5.74, 6) is 0.0559. The Labute approximate surface area is 156 Å². The van der Waals surface area contributed by atoms with Crippen molar-refractivity contribution < 1.29 is 9.59 Å². The molecule has 1 aromatic heterocycles. The van der Waals surface area contributed by atoms with E-state index in [9.17, 15) is 14.4 Å². The summed E-state index contributed by atoms with van der Waals surface area (Å²) in [6.07, 6.45) is 1.62. The van der Waals surface area contributed by atoms with E-state index >= 15 is 0 Å². The van der Waals surface area contributed by atoms with Gasteiger partial charge in [-0.15, -0.1) is 0 Å². The molecule has 0 bridgehead atoms. The van der Waals surface area contributed by atoms with E-state index in [2.05, 4.69) is 20.8 Å². The van der Waals surface area contributed by atoms with Crippen LogP contribution in [0.25, 0.3) is 0 Å². The smallest absolute Gasteiger partial charge is 0.251 e. The van der Waals surface area contributed by atoms with Gasteiger partial charge in [0.1, 0.15) is 6.54 Å². The van der Waals surface area contributed by atoms with E-state index in [1.807, 2.05) is 18.7 Å². The Balaban J connectivity index is 1.85. The second-order valence-corrected chi connectivity index (χ2v) is 6.95. The predicted molar refractivity (Wildman–Crippen MR) is 99.4 cm³/mol. The molecule has 0 radical (unpaired) electrons. The number of aromatic nitrogens is 1. The van der Waals surface area contributed by atoms with Crippen LogP contribution in [0.15, 0.2) is 27.6 Å². The summed E-state index contributed by atoms with van der Waals surface area (Å²) in [4.78, 5) is 42.0. The highest BCUT2D eigenvalue weighted by molar-refractivity contribution is 9.10. The quantitative estimate of drug-likeness (QED) is 0.686. The molecule has 0 atom stereocenters. The highest BCUT2D eigenvalue weighted by Crippen LogP contribution is 2.07. The molecule has 0 unspecified atom stereocenters. The van der Waals surface area contributed by atoms with Gasteiger partial charge in [-0.25, -0.2) is 0 Å². The Hall–Kier alpha value is -1.67. The van der Waals surface area contributed by atoms with Gasteiger partial charge in [0.15, 0.2) is 0 Å². The van der Waals surface area contributed by atoms with E-state index in [0.29, 0.717) is 32.7 Å². The maximum absolute atomic E-state index is 12.4. The normalized spacial score (nSPS) is 15.2. The minimum atomic E-state index is -0.194. The zero-order valence-corrected chi connectivity index (χ0v) is 16.4. The zero-order chi connectivity index (χ0) is 18.4. The topological polar surface area (TPSA) is 65.9 Å². The Kier molecular flexibility index (Phi) is 7.19. The third kappa shape index (κ3) is 5.40. The van der Waals surface area contributed by atoms with Crippen molar-refractivity contribution in [2.45, 2.75) is 20.4 Å². The van der Waals surface area contributed by atoms with E-state index in [1.54, 1.807) is 17.2 Å². The summed E-state index contributed by atoms with van der Waals surface area (Å²) in [5.41, 5.74) is -0.194. The highest BCUT2D eigenvalue weighted by atomic mass is 79.9. The lowest BCUT2D eigenvalue weighted by molar-refractivity contribution is -0.135. The van der Waals surface area contributed by atoms with Gasteiger partial charge in [0.05, 0.1) is 6.54 Å². The number of hydrogen-bond donors (Lipinski definition) is 0. The van der Waals surface area contributed by atoms with Gasteiger partial charge in [0.2, 0.25) is 11.8 Å². The molecule has 2 rings (SSSR count). The number of halogens is 1. The van der Waals surface area contributed by atoms with Crippen molar-refractivity contribution in [3.8, 4) is 0 Å². The molecule has 1 aromatic rings. The largest absolute Gasteiger partial charge is 0.342 e. The summed E-state index contributed by atoms with van der Waals surface area (Å²) in [6.45, 7) is 8.32. The third-order valence-electron chi connectivity index (χ3n) is 4.45. The zero-order valence-electron chi connectivity index (χ0n) is 14.8. The molecule has 25 heavy (non-hydrogen) atoms. The lowest BCUT2D eigenvalue weighted by atomic mass is 10.3. The van der Waals surface area contributed by atoms with Crippen molar-refractivity contribution >= 4 is 27.7 Å². The molecule has 1 aliphatic heterocycles. The average molecular weight is 413 g/mol. The number of carbonyl (C=O) groups is 2. The van der Waals surface area contributed by atoms with Gasteiger partial charge in [0.25, 0.3) is 5.56 Å². The lowest BCUT2D eigenvalue weighted by Crippen LogP contribution is -2.52. The van der Waals surface area contributed by atoms with Gasteiger partial charge in [0, 0.05) is 56.0 Å². The summed E-state index contributed by atoms with van der Waals surface area (Å²) >= 11 is 3.31. The molecule has 138 valence electrons. The summed E-state index contributed by atoms with van der Waals surface area (Å²) < 4.78 is 2.17. The van der Waals surface area contributed by atoms with Crippen LogP contribution < -0.4 is 5.56 Å². The number of likely N-dealkylation sites (N-methyl/N-ethyl adjacent to an activating group) is 1. The molecule has 8 heteroatoms. The maximum atomic E-state index is 12.4. The molecule has 2 heterocycles. The number of amides is 2. The standard InChI is InChI=1S/C17H25BrN4O3/c1-3-20(4-2)16(24)12-19-7-9-21(10-8-19)17(25)13-22-11-14(18)5-6-15(22)23/h5-6,11H,3-4,7-10,12-13H2,1-2H3. The van der Waals surface area contributed by atoms with E-state index < -0.39 is 0 Å². The number of nitrogens with zero attached hydrogens (tertiary/aromatic N) is 4. The number of hydrogen-bond acceptors (Lipinski definition) is 4. The van der Waals surface area contributed by atoms with Crippen LogP contribution in [-0.2, 0) is 16.1 Å². The molecule has 0 spiro atoms. The molecule has 0 N–H and O–H groups in total. The Bertz CT molecular complexity index is 664. The summed E-state index contributed by atoms with van der Waals surface area (Å²) in [6, 6.07) is 3.10. The van der Waals surface area contributed by atoms with Crippen molar-refractivity contribution in [2.75, 3.05) is 45.8 Å². The van der Waals surface area contributed by atoms with Crippen molar-refractivity contribution in [3.63, 3.8) is 0 Å². The van der Waals surface area contributed by atoms with Gasteiger partial charge in [-0.3, -0.25) is 19.3 Å². The van der Waals surface area contributed by atoms with Crippen LogP contribution in [0.2, 0.25) is 0 Å². The van der Waals surface area contributed by atoms with Crippen LogP contribution in [0.4, 0.5) is 0 Å². The van der Waals surface area contributed by atoms with Gasteiger partial charge in [-0.2, -0.15) is 0 Å². The molecular formula is C17H25BrN4O3. The van der Waals surface area contributed by atoms with Crippen molar-refractivity contribution in [3.05, 3.63) is 33.2 Å². The average Bonchev–Trinajstić information content (AvgIpc) is 2.60. The van der Waals surface area contributed by atoms with Crippen LogP contribution in [0.5, 0.6) is 0 Å². The molecule has 1 aliphatic rings. The molecule has 1 saturated heterocycles. The van der Waals surface area contributed by atoms with E-state index in [0.717, 1.165) is 17.6 Å². The second-order valence-electron chi connectivity index (χ2n) is 6.04. The molecule has 1 fully saturated rings. The van der Waals surface area contributed by atoms with E-state index in [-0.39, 0.29) is 23.9 Å². The maximum Gasteiger partial charge on any atom is 0.251 e. The van der Waals surface area contributed by atoms with Gasteiger partial charge in [-0.1, -0.05) is 0 Å². The van der Waals surface area contributed by atoms with Gasteiger partial charge < -0.3 is 14.4 Å². The summed E-state index contributed by atoms with van der Waals surface area (Å²) in [7, 11) is 0. The second kappa shape index (κ2) is 9.15. The molecule has 0 aromatic carbocycles. The molecule has 2 amide bonds. The van der Waals surface area contributed by atoms with Crippen molar-refractivity contribution in [2.24, 2.45) is 0 Å². The Morgan fingerprint density at radius 1 is 1.08 bits per heavy atom. The fourth-order valence-electron chi connectivity index (χ4n) is 2.89. The lowest BCUT2D eigenvalue weighted by Gasteiger charge is -2.35. The number of carbonyl (C=O) groups excluding carboxylic acids is 2. The predicted octanol–water partition coefficient (Wildman–Crippen LogP) is 0.623. The van der Waals surface area contributed by atoms with Crippen LogP contribution in [0, 0.1) is 0 Å². The SMILES string of the molecule is CCN(CC)C(=O)CN1CCN(C(=O)Cn2cc(Br)ccc2=O)CC1. The fraction of sp³-hybridized carbons (Fsp3) is 0.588. The molecule has 0 saturated carbocycles. The monoisotopic (exact) mass is 412 g/mol. The first-order valence-electron chi connectivity index (χ1n) is 8.58. The Morgan fingerprint density at radius 2 is 1.72 bits per heavy atom. The first-order chi connectivity index (χ1) is 11.9. The van der Waals surface area contributed by atoms with Crippen LogP contribution in [0.1, 0.15) is 13.8 Å². The van der Waals surface area contributed by atoms with Gasteiger partial charge in [-0.05, 0) is 35.8 Å². The van der Waals surface area contributed by atoms with Crippen molar-refractivity contribution in [1.29, 1.82) is 0 Å². The minimum absolute atomic E-state index is 0.0383. The van der Waals surface area contributed by atoms with Crippen LogP contribution in [-0.4, -0.2) is 76.9 Å². The summed E-state index contributed by atoms with van der Waals surface area (Å²) in [5, 5.41) is 0.